The molecule has 0 bridgehead atoms. The van der Waals surface area contributed by atoms with E-state index < -0.39 is 6.04 Å². The first-order chi connectivity index (χ1) is 6.63. The summed E-state index contributed by atoms with van der Waals surface area (Å²) < 4.78 is 4.71. The highest BCUT2D eigenvalue weighted by atomic mass is 16.5. The molecule has 6 nitrogen and oxygen atoms in total. The van der Waals surface area contributed by atoms with Crippen LogP contribution in [-0.4, -0.2) is 22.1 Å². The fourth-order valence-electron chi connectivity index (χ4n) is 0.988. The van der Waals surface area contributed by atoms with Crippen LogP contribution < -0.4 is 11.1 Å². The molecule has 14 heavy (non-hydrogen) atoms. The molecular weight excluding hydrogens is 184 g/mol. The predicted molar refractivity (Wildman–Crippen MR) is 50.5 cm³/mol. The summed E-state index contributed by atoms with van der Waals surface area (Å²) in [7, 11) is 0. The Bertz CT molecular complexity index is 310. The number of nitrogens with two attached hydrogens (primary N) is 1. The van der Waals surface area contributed by atoms with Crippen molar-refractivity contribution in [2.75, 3.05) is 5.32 Å². The number of aromatic nitrogens is 2. The van der Waals surface area contributed by atoms with Gasteiger partial charge >= 0.3 is 6.01 Å². The van der Waals surface area contributed by atoms with Gasteiger partial charge in [-0.3, -0.25) is 10.1 Å². The maximum atomic E-state index is 11.3. The van der Waals surface area contributed by atoms with Crippen molar-refractivity contribution >= 4 is 11.9 Å². The van der Waals surface area contributed by atoms with Gasteiger partial charge in [-0.25, -0.2) is 0 Å². The highest BCUT2D eigenvalue weighted by Gasteiger charge is 2.14. The molecule has 1 rings (SSSR count). The summed E-state index contributed by atoms with van der Waals surface area (Å²) in [6.07, 6.45) is 1.50. The molecule has 1 atom stereocenters. The molecule has 6 heteroatoms. The third-order valence-electron chi connectivity index (χ3n) is 1.69. The van der Waals surface area contributed by atoms with Gasteiger partial charge in [-0.05, 0) is 13.3 Å². The Hall–Kier alpha value is -1.43. The summed E-state index contributed by atoms with van der Waals surface area (Å²) in [5.74, 6) is 0.180. The predicted octanol–water partition coefficient (Wildman–Crippen LogP) is 0.444. The third-order valence-corrected chi connectivity index (χ3v) is 1.69. The number of nitrogens with zero attached hydrogens (tertiary/aromatic N) is 2. The van der Waals surface area contributed by atoms with E-state index in [0.29, 0.717) is 12.2 Å². The van der Waals surface area contributed by atoms with Crippen LogP contribution in [0, 0.1) is 6.92 Å². The first kappa shape index (κ1) is 10.6. The van der Waals surface area contributed by atoms with Crippen LogP contribution in [0.4, 0.5) is 6.01 Å². The number of hydrogen-bond donors (Lipinski definition) is 2. The van der Waals surface area contributed by atoms with E-state index in [9.17, 15) is 4.79 Å². The summed E-state index contributed by atoms with van der Waals surface area (Å²) in [4.78, 5) is 15.2. The molecular formula is C8H14N4O2. The molecule has 3 N–H and O–H groups in total. The number of carbonyl (C=O) groups is 1. The lowest BCUT2D eigenvalue weighted by molar-refractivity contribution is -0.117. The van der Waals surface area contributed by atoms with Crippen molar-refractivity contribution in [1.29, 1.82) is 0 Å². The molecule has 0 saturated carbocycles. The number of amides is 1. The van der Waals surface area contributed by atoms with Gasteiger partial charge < -0.3 is 10.3 Å². The highest BCUT2D eigenvalue weighted by Crippen LogP contribution is 2.03. The first-order valence-corrected chi connectivity index (χ1v) is 4.50. The van der Waals surface area contributed by atoms with E-state index in [2.05, 4.69) is 15.5 Å². The molecule has 0 fully saturated rings. The molecule has 0 aromatic carbocycles. The van der Waals surface area contributed by atoms with Gasteiger partial charge in [0, 0.05) is 0 Å². The second kappa shape index (κ2) is 4.71. The van der Waals surface area contributed by atoms with Crippen molar-refractivity contribution < 1.29 is 9.32 Å². The summed E-state index contributed by atoms with van der Waals surface area (Å²) >= 11 is 0. The third kappa shape index (κ3) is 2.81. The highest BCUT2D eigenvalue weighted by molar-refractivity contribution is 5.92. The minimum Gasteiger partial charge on any atom is -0.320 e. The van der Waals surface area contributed by atoms with Crippen molar-refractivity contribution in [3.8, 4) is 0 Å². The van der Waals surface area contributed by atoms with Gasteiger partial charge in [-0.15, -0.1) is 0 Å². The lowest BCUT2D eigenvalue weighted by atomic mass is 10.2. The second-order valence-electron chi connectivity index (χ2n) is 3.03. The molecule has 0 spiro atoms. The van der Waals surface area contributed by atoms with E-state index in [1.54, 1.807) is 6.92 Å². The Labute approximate surface area is 81.9 Å². The standard InChI is InChI=1S/C8H14N4O2/c1-3-4-6(9)7(13)11-8-10-5(2)12-14-8/h6H,3-4,9H2,1-2H3,(H,10,11,12,13). The van der Waals surface area contributed by atoms with E-state index in [1.807, 2.05) is 6.92 Å². The molecule has 1 aromatic rings. The van der Waals surface area contributed by atoms with Gasteiger partial charge in [0.15, 0.2) is 5.82 Å². The largest absolute Gasteiger partial charge is 0.328 e. The summed E-state index contributed by atoms with van der Waals surface area (Å²) in [5, 5.41) is 5.98. The molecule has 1 unspecified atom stereocenters. The van der Waals surface area contributed by atoms with Gasteiger partial charge in [0.05, 0.1) is 6.04 Å². The van der Waals surface area contributed by atoms with E-state index in [4.69, 9.17) is 10.3 Å². The molecule has 0 saturated heterocycles. The van der Waals surface area contributed by atoms with Crippen LogP contribution in [0.25, 0.3) is 0 Å². The van der Waals surface area contributed by atoms with Crippen LogP contribution in [0.2, 0.25) is 0 Å². The Balaban J connectivity index is 2.48. The first-order valence-electron chi connectivity index (χ1n) is 4.50. The molecule has 1 amide bonds. The summed E-state index contributed by atoms with van der Waals surface area (Å²) in [5.41, 5.74) is 5.58. The van der Waals surface area contributed by atoms with Crippen molar-refractivity contribution in [2.45, 2.75) is 32.7 Å². The lowest BCUT2D eigenvalue weighted by Gasteiger charge is -2.07. The maximum Gasteiger partial charge on any atom is 0.328 e. The Morgan fingerprint density at radius 1 is 1.71 bits per heavy atom. The molecule has 78 valence electrons. The van der Waals surface area contributed by atoms with E-state index >= 15 is 0 Å². The number of rotatable bonds is 4. The zero-order valence-electron chi connectivity index (χ0n) is 8.28. The Kier molecular flexibility index (Phi) is 3.58. The van der Waals surface area contributed by atoms with Crippen molar-refractivity contribution in [1.82, 2.24) is 10.1 Å². The van der Waals surface area contributed by atoms with Gasteiger partial charge in [0.25, 0.3) is 0 Å². The van der Waals surface area contributed by atoms with Gasteiger partial charge in [0.2, 0.25) is 5.91 Å². The summed E-state index contributed by atoms with van der Waals surface area (Å²) in [6, 6.07) is -0.425. The number of nitrogens with one attached hydrogen (secondary N) is 1. The topological polar surface area (TPSA) is 94.0 Å². The Morgan fingerprint density at radius 3 is 2.93 bits per heavy atom. The van der Waals surface area contributed by atoms with Crippen LogP contribution in [0.15, 0.2) is 4.52 Å². The number of carbonyl (C=O) groups excluding carboxylic acids is 1. The van der Waals surface area contributed by atoms with Gasteiger partial charge in [-0.2, -0.15) is 4.98 Å². The minimum atomic E-state index is -0.521. The van der Waals surface area contributed by atoms with E-state index in [0.717, 1.165) is 6.42 Å². The fraction of sp³-hybridized carbons (Fsp3) is 0.625. The molecule has 0 aliphatic carbocycles. The fourth-order valence-corrected chi connectivity index (χ4v) is 0.988. The van der Waals surface area contributed by atoms with Gasteiger partial charge in [0.1, 0.15) is 0 Å². The zero-order chi connectivity index (χ0) is 10.6. The quantitative estimate of drug-likeness (QED) is 0.732. The molecule has 1 aromatic heterocycles. The normalized spacial score (nSPS) is 12.5. The molecule has 1 heterocycles. The smallest absolute Gasteiger partial charge is 0.320 e. The Morgan fingerprint density at radius 2 is 2.43 bits per heavy atom. The minimum absolute atomic E-state index is 0.0963. The van der Waals surface area contributed by atoms with Crippen LogP contribution in [0.1, 0.15) is 25.6 Å². The molecule has 0 radical (unpaired) electrons. The number of hydrogen-bond acceptors (Lipinski definition) is 5. The SMILES string of the molecule is CCCC(N)C(=O)Nc1nc(C)no1. The van der Waals surface area contributed by atoms with Crippen molar-refractivity contribution in [3.05, 3.63) is 5.82 Å². The van der Waals surface area contributed by atoms with Crippen molar-refractivity contribution in [2.24, 2.45) is 5.73 Å². The second-order valence-corrected chi connectivity index (χ2v) is 3.03. The lowest BCUT2D eigenvalue weighted by Crippen LogP contribution is -2.35. The molecule has 0 aliphatic heterocycles. The van der Waals surface area contributed by atoms with Crippen LogP contribution in [-0.2, 0) is 4.79 Å². The monoisotopic (exact) mass is 198 g/mol. The van der Waals surface area contributed by atoms with E-state index in [-0.39, 0.29) is 11.9 Å². The van der Waals surface area contributed by atoms with Crippen LogP contribution in [0.3, 0.4) is 0 Å². The zero-order valence-corrected chi connectivity index (χ0v) is 8.28. The summed E-state index contributed by atoms with van der Waals surface area (Å²) in [6.45, 7) is 3.63. The number of aryl methyl sites for hydroxylation is 1. The maximum absolute atomic E-state index is 11.3. The average molecular weight is 198 g/mol. The molecule has 0 aliphatic rings. The van der Waals surface area contributed by atoms with Crippen LogP contribution >= 0.6 is 0 Å². The number of anilines is 1. The van der Waals surface area contributed by atoms with Crippen LogP contribution in [0.5, 0.6) is 0 Å². The van der Waals surface area contributed by atoms with Gasteiger partial charge in [-0.1, -0.05) is 18.5 Å². The van der Waals surface area contributed by atoms with E-state index in [1.165, 1.54) is 0 Å². The average Bonchev–Trinajstić information content (AvgIpc) is 2.51. The van der Waals surface area contributed by atoms with Crippen molar-refractivity contribution in [3.63, 3.8) is 0 Å².